The van der Waals surface area contributed by atoms with Crippen molar-refractivity contribution < 1.29 is 4.79 Å². The molecule has 0 N–H and O–H groups in total. The van der Waals surface area contributed by atoms with Crippen LogP contribution < -0.4 is 4.90 Å². The summed E-state index contributed by atoms with van der Waals surface area (Å²) in [5, 5.41) is 0. The van der Waals surface area contributed by atoms with Gasteiger partial charge in [0.1, 0.15) is 5.82 Å². The predicted molar refractivity (Wildman–Crippen MR) is 119 cm³/mol. The van der Waals surface area contributed by atoms with E-state index in [1.54, 1.807) is 0 Å². The van der Waals surface area contributed by atoms with Gasteiger partial charge in [-0.15, -0.1) is 0 Å². The number of carbonyl (C=O) groups excluding carboxylic acids is 1. The average Bonchev–Trinajstić information content (AvgIpc) is 3.21. The standard InChI is InChI=1S/C24H30N4O/c1-17-12-18(2)14-20(13-17)28-16-19(15-23(28)29)24-25-21-8-5-6-9-22(21)27(24)11-7-10-26(3)4/h5-6,8-9,12-14,19H,7,10-11,15-16H2,1-4H3/t19-/m1/s1. The van der Waals surface area contributed by atoms with Crippen LogP contribution in [0.2, 0.25) is 0 Å². The number of hydrogen-bond donors (Lipinski definition) is 0. The number of aromatic nitrogens is 2. The van der Waals surface area contributed by atoms with E-state index in [4.69, 9.17) is 4.98 Å². The molecule has 1 aliphatic rings. The maximum absolute atomic E-state index is 12.9. The molecule has 0 radical (unpaired) electrons. The fourth-order valence-corrected chi connectivity index (χ4v) is 4.42. The van der Waals surface area contributed by atoms with Gasteiger partial charge >= 0.3 is 0 Å². The lowest BCUT2D eigenvalue weighted by Crippen LogP contribution is -2.24. The van der Waals surface area contributed by atoms with Crippen LogP contribution in [-0.4, -0.2) is 47.5 Å². The molecular formula is C24H30N4O. The van der Waals surface area contributed by atoms with E-state index >= 15 is 0 Å². The summed E-state index contributed by atoms with van der Waals surface area (Å²) >= 11 is 0. The van der Waals surface area contributed by atoms with Crippen molar-refractivity contribution in [3.05, 3.63) is 59.4 Å². The monoisotopic (exact) mass is 390 g/mol. The second kappa shape index (κ2) is 7.99. The van der Waals surface area contributed by atoms with Crippen molar-refractivity contribution in [3.8, 4) is 0 Å². The first-order chi connectivity index (χ1) is 13.9. The Morgan fingerprint density at radius 3 is 2.55 bits per heavy atom. The normalized spacial score (nSPS) is 17.1. The zero-order chi connectivity index (χ0) is 20.5. The Morgan fingerprint density at radius 1 is 1.10 bits per heavy atom. The Morgan fingerprint density at radius 2 is 1.83 bits per heavy atom. The third-order valence-electron chi connectivity index (χ3n) is 5.68. The van der Waals surface area contributed by atoms with Crippen molar-refractivity contribution >= 4 is 22.6 Å². The predicted octanol–water partition coefficient (Wildman–Crippen LogP) is 4.13. The number of aryl methyl sites for hydroxylation is 3. The lowest BCUT2D eigenvalue weighted by molar-refractivity contribution is -0.117. The fourth-order valence-electron chi connectivity index (χ4n) is 4.42. The Balaban J connectivity index is 1.65. The number of anilines is 1. The third kappa shape index (κ3) is 4.06. The molecule has 1 atom stereocenters. The van der Waals surface area contributed by atoms with E-state index in [1.807, 2.05) is 11.0 Å². The summed E-state index contributed by atoms with van der Waals surface area (Å²) in [7, 11) is 4.20. The Bertz CT molecular complexity index is 1020. The van der Waals surface area contributed by atoms with E-state index in [0.29, 0.717) is 13.0 Å². The average molecular weight is 391 g/mol. The molecule has 0 saturated carbocycles. The van der Waals surface area contributed by atoms with Crippen LogP contribution in [0.1, 0.15) is 35.7 Å². The zero-order valence-corrected chi connectivity index (χ0v) is 17.9. The van der Waals surface area contributed by atoms with Crippen molar-refractivity contribution in [2.24, 2.45) is 0 Å². The van der Waals surface area contributed by atoms with E-state index in [1.165, 1.54) is 16.6 Å². The summed E-state index contributed by atoms with van der Waals surface area (Å²) in [5.41, 5.74) is 5.56. The van der Waals surface area contributed by atoms with Gasteiger partial charge in [-0.3, -0.25) is 4.79 Å². The summed E-state index contributed by atoms with van der Waals surface area (Å²) < 4.78 is 2.34. The first kappa shape index (κ1) is 19.6. The molecule has 4 rings (SSSR count). The van der Waals surface area contributed by atoms with Gasteiger partial charge in [-0.05, 0) is 76.3 Å². The van der Waals surface area contributed by atoms with Crippen LogP contribution in [0.15, 0.2) is 42.5 Å². The largest absolute Gasteiger partial charge is 0.328 e. The summed E-state index contributed by atoms with van der Waals surface area (Å²) in [4.78, 5) is 22.0. The first-order valence-electron chi connectivity index (χ1n) is 10.4. The Labute approximate surface area is 172 Å². The summed E-state index contributed by atoms with van der Waals surface area (Å²) in [5.74, 6) is 1.35. The van der Waals surface area contributed by atoms with Crippen LogP contribution in [0.5, 0.6) is 0 Å². The number of imidazole rings is 1. The molecule has 0 spiro atoms. The molecule has 1 aromatic heterocycles. The highest BCUT2D eigenvalue weighted by Gasteiger charge is 2.34. The van der Waals surface area contributed by atoms with Gasteiger partial charge < -0.3 is 14.4 Å². The maximum Gasteiger partial charge on any atom is 0.227 e. The topological polar surface area (TPSA) is 41.4 Å². The van der Waals surface area contributed by atoms with Gasteiger partial charge in [0.15, 0.2) is 0 Å². The molecule has 1 saturated heterocycles. The van der Waals surface area contributed by atoms with Crippen molar-refractivity contribution in [2.75, 3.05) is 32.1 Å². The lowest BCUT2D eigenvalue weighted by atomic mass is 10.1. The minimum absolute atomic E-state index is 0.120. The number of nitrogens with zero attached hydrogens (tertiary/aromatic N) is 4. The number of para-hydroxylation sites is 2. The second-order valence-corrected chi connectivity index (χ2v) is 8.52. The van der Waals surface area contributed by atoms with E-state index < -0.39 is 0 Å². The summed E-state index contributed by atoms with van der Waals surface area (Å²) in [6, 6.07) is 14.7. The number of fused-ring (bicyclic) bond motifs is 1. The number of amides is 1. The minimum Gasteiger partial charge on any atom is -0.328 e. The van der Waals surface area contributed by atoms with Crippen molar-refractivity contribution in [3.63, 3.8) is 0 Å². The summed E-state index contributed by atoms with van der Waals surface area (Å²) in [6.07, 6.45) is 1.58. The van der Waals surface area contributed by atoms with Crippen LogP contribution in [0, 0.1) is 13.8 Å². The minimum atomic E-state index is 0.120. The van der Waals surface area contributed by atoms with Crippen LogP contribution in [0.4, 0.5) is 5.69 Å². The molecule has 2 aromatic carbocycles. The molecule has 0 unspecified atom stereocenters. The molecule has 2 heterocycles. The SMILES string of the molecule is Cc1cc(C)cc(N2C[C@H](c3nc4ccccc4n3CCCN(C)C)CC2=O)c1. The fraction of sp³-hybridized carbons (Fsp3) is 0.417. The van der Waals surface area contributed by atoms with E-state index in [2.05, 4.69) is 73.8 Å². The van der Waals surface area contributed by atoms with Crippen LogP contribution in [-0.2, 0) is 11.3 Å². The highest BCUT2D eigenvalue weighted by Crippen LogP contribution is 2.34. The first-order valence-corrected chi connectivity index (χ1v) is 10.4. The number of benzene rings is 2. The molecule has 1 aliphatic heterocycles. The van der Waals surface area contributed by atoms with E-state index in [9.17, 15) is 4.79 Å². The van der Waals surface area contributed by atoms with Crippen molar-refractivity contribution in [2.45, 2.75) is 39.2 Å². The second-order valence-electron chi connectivity index (χ2n) is 8.52. The molecule has 3 aromatic rings. The number of rotatable bonds is 6. The van der Waals surface area contributed by atoms with Gasteiger partial charge in [0.2, 0.25) is 5.91 Å². The summed E-state index contributed by atoms with van der Waals surface area (Å²) in [6.45, 7) is 6.81. The number of hydrogen-bond acceptors (Lipinski definition) is 3. The molecule has 5 nitrogen and oxygen atoms in total. The highest BCUT2D eigenvalue weighted by atomic mass is 16.2. The smallest absolute Gasteiger partial charge is 0.227 e. The van der Waals surface area contributed by atoms with E-state index in [0.717, 1.165) is 36.5 Å². The van der Waals surface area contributed by atoms with Gasteiger partial charge in [0.05, 0.1) is 11.0 Å². The quantitative estimate of drug-likeness (QED) is 0.636. The molecule has 29 heavy (non-hydrogen) atoms. The van der Waals surface area contributed by atoms with Crippen molar-refractivity contribution in [1.29, 1.82) is 0 Å². The van der Waals surface area contributed by atoms with Crippen LogP contribution in [0.3, 0.4) is 0 Å². The Kier molecular flexibility index (Phi) is 5.41. The van der Waals surface area contributed by atoms with Crippen LogP contribution >= 0.6 is 0 Å². The van der Waals surface area contributed by atoms with Gasteiger partial charge in [0.25, 0.3) is 0 Å². The van der Waals surface area contributed by atoms with Gasteiger partial charge in [-0.25, -0.2) is 4.98 Å². The van der Waals surface area contributed by atoms with Gasteiger partial charge in [-0.2, -0.15) is 0 Å². The molecule has 152 valence electrons. The van der Waals surface area contributed by atoms with Crippen LogP contribution in [0.25, 0.3) is 11.0 Å². The van der Waals surface area contributed by atoms with Gasteiger partial charge in [-0.1, -0.05) is 18.2 Å². The molecule has 1 amide bonds. The molecule has 5 heteroatoms. The Hall–Kier alpha value is -2.66. The third-order valence-corrected chi connectivity index (χ3v) is 5.68. The molecule has 0 aliphatic carbocycles. The van der Waals surface area contributed by atoms with Gasteiger partial charge in [0, 0.05) is 31.1 Å². The lowest BCUT2D eigenvalue weighted by Gasteiger charge is -2.19. The molecule has 0 bridgehead atoms. The molecule has 1 fully saturated rings. The zero-order valence-electron chi connectivity index (χ0n) is 17.9. The van der Waals surface area contributed by atoms with Crippen molar-refractivity contribution in [1.82, 2.24) is 14.5 Å². The molecular weight excluding hydrogens is 360 g/mol. The highest BCUT2D eigenvalue weighted by molar-refractivity contribution is 5.96. The maximum atomic E-state index is 12.9. The number of carbonyl (C=O) groups is 1. The van der Waals surface area contributed by atoms with E-state index in [-0.39, 0.29) is 11.8 Å².